The number of hydrogen-bond acceptors (Lipinski definition) is 13. The van der Waals surface area contributed by atoms with E-state index in [1.54, 1.807) is 0 Å². The van der Waals surface area contributed by atoms with Crippen LogP contribution in [-0.2, 0) is 34.4 Å². The van der Waals surface area contributed by atoms with Gasteiger partial charge in [-0.2, -0.15) is 0 Å². The van der Waals surface area contributed by atoms with Crippen molar-refractivity contribution in [3.63, 3.8) is 0 Å². The molecule has 0 aromatic heterocycles. The second kappa shape index (κ2) is 69.8. The zero-order chi connectivity index (χ0) is 26.9. The van der Waals surface area contributed by atoms with Crippen molar-refractivity contribution in [3.8, 4) is 0 Å². The monoisotopic (exact) mass is 560 g/mol. The van der Waals surface area contributed by atoms with Crippen molar-refractivity contribution < 1.29 is 160 Å². The molecule has 0 aromatic carbocycles. The average Bonchev–Trinajstić information content (AvgIpc) is 2.45. The minimum atomic E-state index is -4.92. The maximum Gasteiger partial charge on any atom is 1.00 e. The van der Waals surface area contributed by atoms with Crippen molar-refractivity contribution in [2.75, 3.05) is 13.1 Å². The fourth-order valence-corrected chi connectivity index (χ4v) is 0. The third kappa shape index (κ3) is 11800. The summed E-state index contributed by atoms with van der Waals surface area (Å²) in [6, 6.07) is 0. The number of aliphatic carboxylic acids is 4. The zero-order valence-corrected chi connectivity index (χ0v) is 27.0. The van der Waals surface area contributed by atoms with Gasteiger partial charge in [-0.15, -0.1) is 0 Å². The van der Waals surface area contributed by atoms with E-state index >= 15 is 0 Å². The zero-order valence-electron chi connectivity index (χ0n) is 19.4. The van der Waals surface area contributed by atoms with Gasteiger partial charge in [0.2, 0.25) is 10.4 Å². The van der Waals surface area contributed by atoms with Gasteiger partial charge in [0.05, 0.1) is 0 Å². The molecule has 0 heterocycles. The minimum absolute atomic E-state index is 0. The summed E-state index contributed by atoms with van der Waals surface area (Å²) in [6.07, 6.45) is 0. The summed E-state index contributed by atoms with van der Waals surface area (Å²) < 4.78 is 49.4. The third-order valence-electron chi connectivity index (χ3n) is 0.167. The van der Waals surface area contributed by atoms with Crippen molar-refractivity contribution in [3.05, 3.63) is 0 Å². The van der Waals surface area contributed by atoms with Crippen LogP contribution < -0.4 is 100 Å². The van der Waals surface area contributed by atoms with E-state index in [4.69, 9.17) is 82.5 Å². The van der Waals surface area contributed by atoms with Gasteiger partial charge in [0, 0.05) is 40.8 Å². The summed E-state index contributed by atoms with van der Waals surface area (Å²) in [5.41, 5.74) is 9.81. The molecule has 0 amide bonds. The van der Waals surface area contributed by atoms with Crippen molar-refractivity contribution in [1.82, 2.24) is 0 Å². The molecule has 9 N–H and O–H groups in total. The Labute approximate surface area is 262 Å². The van der Waals surface area contributed by atoms with E-state index in [0.29, 0.717) is 13.1 Å². The largest absolute Gasteiger partial charge is 1.00 e. The van der Waals surface area contributed by atoms with E-state index in [1.807, 2.05) is 6.79 Å². The molecular weight excluding hydrogens is 533 g/mol. The Morgan fingerprint density at radius 2 is 0.758 bits per heavy atom. The minimum Gasteiger partial charge on any atom is -0.811 e. The number of rotatable bonds is 1. The van der Waals surface area contributed by atoms with Gasteiger partial charge in [0.1, 0.15) is 6.79 Å². The first-order valence-corrected chi connectivity index (χ1v) is 8.36. The first kappa shape index (κ1) is 69.9. The molecular formula is C11H27N2Na3O15S2. The smallest absolute Gasteiger partial charge is 0.811 e. The number of nitrogens with two attached hydrogens (primary N) is 2. The van der Waals surface area contributed by atoms with Gasteiger partial charge in [-0.3, -0.25) is 23.7 Å². The van der Waals surface area contributed by atoms with Gasteiger partial charge < -0.3 is 62.7 Å². The van der Waals surface area contributed by atoms with E-state index < -0.39 is 46.6 Å². The van der Waals surface area contributed by atoms with Crippen LogP contribution in [0.4, 0.5) is 0 Å². The van der Waals surface area contributed by atoms with Gasteiger partial charge in [0.15, 0.2) is 0 Å². The molecule has 0 rings (SSSR count). The fourth-order valence-electron chi connectivity index (χ4n) is 0. The molecule has 0 radical (unpaired) electrons. The van der Waals surface area contributed by atoms with E-state index in [0.717, 1.165) is 27.7 Å². The Morgan fingerprint density at radius 3 is 0.758 bits per heavy atom. The van der Waals surface area contributed by atoms with E-state index in [2.05, 4.69) is 0 Å². The van der Waals surface area contributed by atoms with Gasteiger partial charge in [-0.1, -0.05) is 0 Å². The third-order valence-corrected chi connectivity index (χ3v) is 0.167. The van der Waals surface area contributed by atoms with Gasteiger partial charge in [0.25, 0.3) is 23.9 Å². The van der Waals surface area contributed by atoms with E-state index in [1.165, 1.54) is 0 Å². The van der Waals surface area contributed by atoms with Crippen molar-refractivity contribution in [2.45, 2.75) is 27.7 Å². The second-order valence-corrected chi connectivity index (χ2v) is 4.14. The van der Waals surface area contributed by atoms with Crippen molar-refractivity contribution in [1.29, 1.82) is 0 Å². The molecule has 0 saturated heterocycles. The molecule has 0 atom stereocenters. The number of carbonyl (C=O) groups is 5. The van der Waals surface area contributed by atoms with Crippen molar-refractivity contribution >= 4 is 53.4 Å². The SMILES string of the molecule is C=O.CC(=O)O.CC(=O)O.CC(=O)O.CC(=O)O.NCCN.O=S(=O)([O-])O.[Na+].[Na+].[Na+].[O-]S[O-]. The second-order valence-electron chi connectivity index (χ2n) is 3.15. The van der Waals surface area contributed by atoms with Crippen LogP contribution in [0.1, 0.15) is 27.7 Å². The van der Waals surface area contributed by atoms with Crippen LogP contribution in [0.2, 0.25) is 0 Å². The predicted octanol–water partition coefficient (Wildman–Crippen LogP) is -10.9. The normalized spacial score (nSPS) is 6.36. The van der Waals surface area contributed by atoms with Crippen LogP contribution in [0, 0.1) is 0 Å². The molecule has 17 nitrogen and oxygen atoms in total. The molecule has 186 valence electrons. The Balaban J connectivity index is -0.0000000186. The summed E-state index contributed by atoms with van der Waals surface area (Å²) in [7, 11) is -4.92. The molecule has 0 aromatic rings. The molecule has 33 heavy (non-hydrogen) atoms. The van der Waals surface area contributed by atoms with Crippen LogP contribution in [0.15, 0.2) is 0 Å². The van der Waals surface area contributed by atoms with Gasteiger partial charge >= 0.3 is 88.7 Å². The molecule has 0 spiro atoms. The first-order chi connectivity index (χ1) is 13.3. The summed E-state index contributed by atoms with van der Waals surface area (Å²) in [6.45, 7) is 7.53. The first-order valence-electron chi connectivity index (χ1n) is 6.33. The Bertz CT molecular complexity index is 412. The maximum absolute atomic E-state index is 9.00. The Morgan fingerprint density at radius 1 is 0.727 bits per heavy atom. The fraction of sp³-hybridized carbons (Fsp3) is 0.545. The molecule has 0 saturated carbocycles. The summed E-state index contributed by atoms with van der Waals surface area (Å²) >= 11 is -0.750. The Kier molecular flexibility index (Phi) is 148. The van der Waals surface area contributed by atoms with E-state index in [-0.39, 0.29) is 88.7 Å². The summed E-state index contributed by atoms with van der Waals surface area (Å²) in [5.74, 6) is -3.33. The molecule has 0 aliphatic rings. The van der Waals surface area contributed by atoms with Crippen LogP contribution >= 0.6 is 12.3 Å². The number of hydrogen-bond donors (Lipinski definition) is 7. The van der Waals surface area contributed by atoms with Crippen LogP contribution in [0.5, 0.6) is 0 Å². The molecule has 22 heteroatoms. The Hall–Kier alpha value is 0.610. The quantitative estimate of drug-likeness (QED) is 0.0677. The molecule has 0 unspecified atom stereocenters. The summed E-state index contributed by atoms with van der Waals surface area (Å²) in [4.78, 5) is 44.0. The standard InChI is InChI=1S/C2H8N2.4C2H4O2.CH2O.3Na.H2O4S.H2O2S/c3-1-2-4;4*1-2(3)4;1-2;;;;1-5(2,3)4;1-3-2/h1-4H2;4*1H3,(H,3,4);1H2;;;;(H2,1,2,3,4);1-2H/q;;;;;;3*+1;;/p-3. The predicted molar refractivity (Wildman–Crippen MR) is 99.9 cm³/mol. The van der Waals surface area contributed by atoms with Crippen LogP contribution in [-0.4, -0.2) is 90.8 Å². The molecule has 0 fully saturated rings. The molecule has 0 aliphatic carbocycles. The van der Waals surface area contributed by atoms with Gasteiger partial charge in [-0.25, -0.2) is 8.42 Å². The number of carboxylic acid groups (broad SMARTS) is 4. The van der Waals surface area contributed by atoms with Crippen LogP contribution in [0.3, 0.4) is 0 Å². The molecule has 0 bridgehead atoms. The average molecular weight is 560 g/mol. The summed E-state index contributed by atoms with van der Waals surface area (Å²) in [5, 5.41) is 29.7. The van der Waals surface area contributed by atoms with E-state index in [9.17, 15) is 0 Å². The maximum atomic E-state index is 9.00. The topological polar surface area (TPSA) is 342 Å². The van der Waals surface area contributed by atoms with Gasteiger partial charge in [-0.05, 0) is 0 Å². The number of carboxylic acids is 4. The molecule has 0 aliphatic heterocycles. The van der Waals surface area contributed by atoms with Crippen molar-refractivity contribution in [2.24, 2.45) is 11.5 Å². The van der Waals surface area contributed by atoms with Crippen LogP contribution in [0.25, 0.3) is 0 Å². The number of carbonyl (C=O) groups excluding carboxylic acids is 1.